The SMILES string of the molecule is CC(C)CCC(C)(C)[S@](=O)N=Cc1cc(C(F)(F)F)ccc1N1CCN(C(=O)OC(C)(C)C)CC1. The van der Waals surface area contributed by atoms with Crippen LogP contribution in [-0.2, 0) is 21.9 Å². The van der Waals surface area contributed by atoms with Crippen LogP contribution in [0.15, 0.2) is 22.6 Å². The molecule has 2 rings (SSSR count). The standard InChI is InChI=1S/C25H38F3N3O3S/c1-18(2)10-11-24(6,7)35(33)29-17-19-16-20(25(26,27)28)8-9-21(19)30-12-14-31(15-13-30)22(32)34-23(3,4)5/h8-9,16-18H,10-15H2,1-7H3/t35-/m0/s1. The highest BCUT2D eigenvalue weighted by Gasteiger charge is 2.32. The van der Waals surface area contributed by atoms with Crippen LogP contribution in [0.3, 0.4) is 0 Å². The van der Waals surface area contributed by atoms with Crippen molar-refractivity contribution in [3.05, 3.63) is 29.3 Å². The van der Waals surface area contributed by atoms with Crippen molar-refractivity contribution in [3.8, 4) is 0 Å². The van der Waals surface area contributed by atoms with E-state index < -0.39 is 39.2 Å². The lowest BCUT2D eigenvalue weighted by atomic mass is 10.0. The maximum Gasteiger partial charge on any atom is 0.416 e. The first kappa shape index (κ1) is 29.1. The van der Waals surface area contributed by atoms with Crippen molar-refractivity contribution in [2.24, 2.45) is 10.3 Å². The molecular weight excluding hydrogens is 479 g/mol. The van der Waals surface area contributed by atoms with E-state index in [1.807, 2.05) is 18.7 Å². The molecule has 0 radical (unpaired) electrons. The van der Waals surface area contributed by atoms with Gasteiger partial charge in [0.05, 0.1) is 10.3 Å². The summed E-state index contributed by atoms with van der Waals surface area (Å²) in [7, 11) is -1.61. The van der Waals surface area contributed by atoms with Crippen LogP contribution in [0.5, 0.6) is 0 Å². The number of nitrogens with zero attached hydrogens (tertiary/aromatic N) is 3. The zero-order chi connectivity index (χ0) is 26.6. The molecule has 1 fully saturated rings. The van der Waals surface area contributed by atoms with Gasteiger partial charge in [-0.3, -0.25) is 0 Å². The number of hydrogen-bond donors (Lipinski definition) is 0. The molecule has 0 N–H and O–H groups in total. The smallest absolute Gasteiger partial charge is 0.416 e. The Hall–Kier alpha value is -2.10. The summed E-state index contributed by atoms with van der Waals surface area (Å²) in [6.45, 7) is 14.9. The molecule has 0 unspecified atom stereocenters. The fourth-order valence-electron chi connectivity index (χ4n) is 3.55. The van der Waals surface area contributed by atoms with E-state index in [2.05, 4.69) is 18.2 Å². The Kier molecular flexibility index (Phi) is 9.41. The van der Waals surface area contributed by atoms with E-state index in [0.29, 0.717) is 44.2 Å². The maximum atomic E-state index is 13.4. The van der Waals surface area contributed by atoms with Crippen molar-refractivity contribution in [1.82, 2.24) is 4.90 Å². The van der Waals surface area contributed by atoms with E-state index in [-0.39, 0.29) is 5.56 Å². The Labute approximate surface area is 209 Å². The molecule has 0 saturated carbocycles. The number of carbonyl (C=O) groups excluding carboxylic acids is 1. The summed E-state index contributed by atoms with van der Waals surface area (Å²) in [5.74, 6) is 0.449. The molecule has 0 aromatic heterocycles. The summed E-state index contributed by atoms with van der Waals surface area (Å²) < 4.78 is 62.1. The van der Waals surface area contributed by atoms with Crippen LogP contribution in [0.4, 0.5) is 23.7 Å². The highest BCUT2D eigenvalue weighted by atomic mass is 32.2. The van der Waals surface area contributed by atoms with Crippen molar-refractivity contribution >= 4 is 29.0 Å². The van der Waals surface area contributed by atoms with Crippen LogP contribution >= 0.6 is 0 Å². The number of halogens is 3. The molecule has 35 heavy (non-hydrogen) atoms. The molecule has 1 amide bonds. The van der Waals surface area contributed by atoms with E-state index in [1.54, 1.807) is 25.7 Å². The van der Waals surface area contributed by atoms with Gasteiger partial charge in [-0.25, -0.2) is 9.00 Å². The molecule has 10 heteroatoms. The van der Waals surface area contributed by atoms with Gasteiger partial charge in [-0.15, -0.1) is 0 Å². The minimum absolute atomic E-state index is 0.249. The second-order valence-corrected chi connectivity index (χ2v) is 12.7. The van der Waals surface area contributed by atoms with Gasteiger partial charge >= 0.3 is 12.3 Å². The van der Waals surface area contributed by atoms with Crippen LogP contribution in [0, 0.1) is 5.92 Å². The molecule has 1 aliphatic heterocycles. The number of anilines is 1. The monoisotopic (exact) mass is 517 g/mol. The molecule has 1 atom stereocenters. The second kappa shape index (κ2) is 11.3. The summed E-state index contributed by atoms with van der Waals surface area (Å²) in [5, 5.41) is 0. The molecule has 0 aliphatic carbocycles. The van der Waals surface area contributed by atoms with E-state index in [0.717, 1.165) is 18.6 Å². The van der Waals surface area contributed by atoms with E-state index in [1.165, 1.54) is 12.3 Å². The molecule has 1 aliphatic rings. The molecule has 1 aromatic carbocycles. The summed E-state index contributed by atoms with van der Waals surface area (Å²) in [6.07, 6.45) is -2.06. The van der Waals surface area contributed by atoms with Crippen molar-refractivity contribution in [2.75, 3.05) is 31.1 Å². The Morgan fingerprint density at radius 2 is 1.71 bits per heavy atom. The largest absolute Gasteiger partial charge is 0.444 e. The second-order valence-electron chi connectivity index (χ2n) is 10.9. The van der Waals surface area contributed by atoms with Crippen LogP contribution in [0.1, 0.15) is 72.4 Å². The number of hydrogen-bond acceptors (Lipinski definition) is 4. The maximum absolute atomic E-state index is 13.4. The quantitative estimate of drug-likeness (QED) is 0.413. The number of ether oxygens (including phenoxy) is 1. The molecule has 1 heterocycles. The fourth-order valence-corrected chi connectivity index (χ4v) is 4.34. The van der Waals surface area contributed by atoms with Gasteiger partial charge in [0.15, 0.2) is 0 Å². The molecule has 6 nitrogen and oxygen atoms in total. The fraction of sp³-hybridized carbons (Fsp3) is 0.680. The Bertz CT molecular complexity index is 932. The highest BCUT2D eigenvalue weighted by Crippen LogP contribution is 2.33. The third kappa shape index (κ3) is 8.81. The topological polar surface area (TPSA) is 62.2 Å². The van der Waals surface area contributed by atoms with Gasteiger partial charge in [0.1, 0.15) is 16.6 Å². The number of rotatable bonds is 7. The first-order valence-electron chi connectivity index (χ1n) is 11.9. The first-order valence-corrected chi connectivity index (χ1v) is 13.0. The van der Waals surface area contributed by atoms with E-state index >= 15 is 0 Å². The first-order chi connectivity index (χ1) is 16.0. The third-order valence-corrected chi connectivity index (χ3v) is 7.16. The van der Waals surface area contributed by atoms with Crippen molar-refractivity contribution < 1.29 is 26.9 Å². The highest BCUT2D eigenvalue weighted by molar-refractivity contribution is 7.85. The summed E-state index contributed by atoms with van der Waals surface area (Å²) in [4.78, 5) is 15.9. The van der Waals surface area contributed by atoms with Crippen molar-refractivity contribution in [2.45, 2.75) is 77.8 Å². The molecule has 0 spiro atoms. The minimum Gasteiger partial charge on any atom is -0.444 e. The Morgan fingerprint density at radius 1 is 1.11 bits per heavy atom. The zero-order valence-corrected chi connectivity index (χ0v) is 22.6. The zero-order valence-electron chi connectivity index (χ0n) is 21.7. The summed E-state index contributed by atoms with van der Waals surface area (Å²) >= 11 is 0. The number of amides is 1. The van der Waals surface area contributed by atoms with Gasteiger partial charge in [-0.1, -0.05) is 13.8 Å². The lowest BCUT2D eigenvalue weighted by molar-refractivity contribution is -0.137. The van der Waals surface area contributed by atoms with Crippen molar-refractivity contribution in [1.29, 1.82) is 0 Å². The van der Waals surface area contributed by atoms with Crippen LogP contribution in [0.25, 0.3) is 0 Å². The average molecular weight is 518 g/mol. The number of alkyl halides is 3. The predicted molar refractivity (Wildman–Crippen MR) is 135 cm³/mol. The predicted octanol–water partition coefficient (Wildman–Crippen LogP) is 6.06. The van der Waals surface area contributed by atoms with E-state index in [4.69, 9.17) is 4.74 Å². The lowest BCUT2D eigenvalue weighted by Crippen LogP contribution is -2.50. The van der Waals surface area contributed by atoms with Crippen LogP contribution < -0.4 is 4.90 Å². The summed E-state index contributed by atoms with van der Waals surface area (Å²) in [6, 6.07) is 3.49. The van der Waals surface area contributed by atoms with Gasteiger partial charge in [-0.2, -0.15) is 17.6 Å². The number of piperazine rings is 1. The number of carbonyl (C=O) groups is 1. The molecule has 0 bridgehead atoms. The average Bonchev–Trinajstić information content (AvgIpc) is 2.74. The van der Waals surface area contributed by atoms with Gasteiger partial charge in [0.2, 0.25) is 0 Å². The number of benzene rings is 1. The van der Waals surface area contributed by atoms with Gasteiger partial charge < -0.3 is 14.5 Å². The molecule has 198 valence electrons. The molecular formula is C25H38F3N3O3S. The van der Waals surface area contributed by atoms with Crippen LogP contribution in [-0.4, -0.2) is 57.9 Å². The molecule has 1 aromatic rings. The van der Waals surface area contributed by atoms with Crippen LogP contribution in [0.2, 0.25) is 0 Å². The lowest BCUT2D eigenvalue weighted by Gasteiger charge is -2.37. The van der Waals surface area contributed by atoms with Gasteiger partial charge in [-0.05, 0) is 71.6 Å². The Balaban J connectivity index is 2.24. The van der Waals surface area contributed by atoms with Gasteiger partial charge in [0.25, 0.3) is 0 Å². The van der Waals surface area contributed by atoms with Crippen molar-refractivity contribution in [3.63, 3.8) is 0 Å². The summed E-state index contributed by atoms with van der Waals surface area (Å²) in [5.41, 5.74) is -0.592. The van der Waals surface area contributed by atoms with Gasteiger partial charge in [0, 0.05) is 43.6 Å². The molecule has 1 saturated heterocycles. The minimum atomic E-state index is -4.51. The third-order valence-electron chi connectivity index (χ3n) is 5.71. The Morgan fingerprint density at radius 3 is 2.23 bits per heavy atom. The van der Waals surface area contributed by atoms with E-state index in [9.17, 15) is 22.2 Å². The normalized spacial score (nSPS) is 16.8.